The third-order valence-corrected chi connectivity index (χ3v) is 7.24. The van der Waals surface area contributed by atoms with Crippen molar-refractivity contribution in [2.75, 3.05) is 44.7 Å². The van der Waals surface area contributed by atoms with Gasteiger partial charge in [0.15, 0.2) is 0 Å². The fraction of sp³-hybridized carbons (Fsp3) is 0.520. The summed E-state index contributed by atoms with van der Waals surface area (Å²) >= 11 is 5.96. The Hall–Kier alpha value is -2.71. The monoisotopic (exact) mass is 484 g/mol. The van der Waals surface area contributed by atoms with E-state index in [2.05, 4.69) is 32.0 Å². The van der Waals surface area contributed by atoms with Crippen LogP contribution in [0.5, 0.6) is 0 Å². The van der Waals surface area contributed by atoms with Gasteiger partial charge in [0.1, 0.15) is 11.5 Å². The van der Waals surface area contributed by atoms with E-state index in [9.17, 15) is 9.59 Å². The lowest BCUT2D eigenvalue weighted by Crippen LogP contribution is -2.59. The molecule has 1 N–H and O–H groups in total. The number of amides is 2. The first-order valence-corrected chi connectivity index (χ1v) is 12.4. The number of piperazine rings is 1. The van der Waals surface area contributed by atoms with Crippen LogP contribution in [0.3, 0.4) is 0 Å². The summed E-state index contributed by atoms with van der Waals surface area (Å²) in [7, 11) is 1.59. The van der Waals surface area contributed by atoms with E-state index < -0.39 is 0 Å². The van der Waals surface area contributed by atoms with E-state index in [1.54, 1.807) is 37.5 Å². The molecule has 0 saturated carbocycles. The van der Waals surface area contributed by atoms with Gasteiger partial charge in [-0.25, -0.2) is 9.97 Å². The maximum atomic E-state index is 12.9. The van der Waals surface area contributed by atoms with Crippen LogP contribution in [0.15, 0.2) is 30.5 Å². The lowest BCUT2D eigenvalue weighted by Gasteiger charge is -2.47. The first-order valence-electron chi connectivity index (χ1n) is 12.0. The molecule has 2 saturated heterocycles. The largest absolute Gasteiger partial charge is 0.354 e. The van der Waals surface area contributed by atoms with Crippen LogP contribution in [-0.2, 0) is 0 Å². The van der Waals surface area contributed by atoms with Crippen LogP contribution < -0.4 is 10.2 Å². The van der Waals surface area contributed by atoms with Gasteiger partial charge in [-0.1, -0.05) is 18.5 Å². The Kier molecular flexibility index (Phi) is 7.68. The Morgan fingerprint density at radius 3 is 2.44 bits per heavy atom. The van der Waals surface area contributed by atoms with Gasteiger partial charge in [0.25, 0.3) is 11.8 Å². The molecular formula is C25H33ClN6O2. The predicted molar refractivity (Wildman–Crippen MR) is 134 cm³/mol. The van der Waals surface area contributed by atoms with Crippen LogP contribution in [0.25, 0.3) is 0 Å². The highest BCUT2D eigenvalue weighted by Crippen LogP contribution is 2.27. The van der Waals surface area contributed by atoms with Crippen LogP contribution in [0, 0.1) is 6.92 Å². The van der Waals surface area contributed by atoms with E-state index in [1.165, 1.54) is 0 Å². The summed E-state index contributed by atoms with van der Waals surface area (Å²) in [5.41, 5.74) is 1.81. The van der Waals surface area contributed by atoms with Gasteiger partial charge in [0, 0.05) is 62.4 Å². The van der Waals surface area contributed by atoms with E-state index >= 15 is 0 Å². The number of hydrogen-bond donors (Lipinski definition) is 1. The number of aryl methyl sites for hydroxylation is 1. The van der Waals surface area contributed by atoms with Crippen LogP contribution in [0.1, 0.15) is 52.7 Å². The Bertz CT molecular complexity index is 1020. The molecular weight excluding hydrogens is 452 g/mol. The highest BCUT2D eigenvalue weighted by atomic mass is 35.5. The zero-order chi connectivity index (χ0) is 24.2. The molecule has 8 nitrogen and oxygen atoms in total. The first kappa shape index (κ1) is 24.4. The minimum atomic E-state index is -0.223. The average molecular weight is 485 g/mol. The van der Waals surface area contributed by atoms with Crippen molar-refractivity contribution in [1.82, 2.24) is 25.1 Å². The maximum absolute atomic E-state index is 12.9. The molecule has 0 spiro atoms. The van der Waals surface area contributed by atoms with Gasteiger partial charge in [-0.2, -0.15) is 0 Å². The Labute approximate surface area is 206 Å². The number of carbonyl (C=O) groups excluding carboxylic acids is 2. The number of hydrogen-bond acceptors (Lipinski definition) is 6. The molecule has 2 aliphatic rings. The second kappa shape index (κ2) is 10.7. The fourth-order valence-corrected chi connectivity index (χ4v) is 5.23. The molecule has 1 atom stereocenters. The van der Waals surface area contributed by atoms with Gasteiger partial charge in [0.2, 0.25) is 0 Å². The van der Waals surface area contributed by atoms with Gasteiger partial charge in [0.05, 0.1) is 11.9 Å². The molecule has 2 amide bonds. The number of halogens is 1. The van der Waals surface area contributed by atoms with E-state index in [1.807, 2.05) is 11.8 Å². The predicted octanol–water partition coefficient (Wildman–Crippen LogP) is 3.00. The Morgan fingerprint density at radius 1 is 1.12 bits per heavy atom. The molecule has 2 aromatic rings. The van der Waals surface area contributed by atoms with Crippen LogP contribution in [0.4, 0.5) is 5.82 Å². The smallest absolute Gasteiger partial charge is 0.271 e. The highest BCUT2D eigenvalue weighted by Gasteiger charge is 2.34. The number of likely N-dealkylation sites (tertiary alicyclic amines) is 1. The number of piperidine rings is 1. The number of anilines is 1. The number of benzene rings is 1. The molecule has 1 aromatic carbocycles. The van der Waals surface area contributed by atoms with Crippen LogP contribution in [-0.4, -0.2) is 83.4 Å². The highest BCUT2D eigenvalue weighted by molar-refractivity contribution is 6.30. The molecule has 0 radical (unpaired) electrons. The summed E-state index contributed by atoms with van der Waals surface area (Å²) in [5, 5.41) is 3.24. The second-order valence-electron chi connectivity index (χ2n) is 9.02. The van der Waals surface area contributed by atoms with E-state index in [0.29, 0.717) is 28.4 Å². The van der Waals surface area contributed by atoms with E-state index in [4.69, 9.17) is 11.6 Å². The van der Waals surface area contributed by atoms with E-state index in [-0.39, 0.29) is 11.8 Å². The number of nitrogens with zero attached hydrogens (tertiary/aromatic N) is 5. The van der Waals surface area contributed by atoms with Gasteiger partial charge in [-0.15, -0.1) is 0 Å². The number of aromatic nitrogens is 2. The number of carbonyl (C=O) groups is 2. The summed E-state index contributed by atoms with van der Waals surface area (Å²) in [4.78, 5) is 40.6. The fourth-order valence-electron chi connectivity index (χ4n) is 5.10. The molecule has 0 aliphatic carbocycles. The molecule has 2 aliphatic heterocycles. The van der Waals surface area contributed by atoms with Crippen molar-refractivity contribution in [3.05, 3.63) is 52.4 Å². The first-order chi connectivity index (χ1) is 16.4. The lowest BCUT2D eigenvalue weighted by molar-refractivity contribution is 0.0490. The van der Waals surface area contributed by atoms with Crippen molar-refractivity contribution in [3.8, 4) is 0 Å². The number of nitrogens with one attached hydrogen (secondary N) is 1. The topological polar surface area (TPSA) is 81.7 Å². The Morgan fingerprint density at radius 2 is 1.82 bits per heavy atom. The lowest BCUT2D eigenvalue weighted by atomic mass is 9.97. The molecule has 182 valence electrons. The standard InChI is InChI=1S/C25H33ClN6O2/c1-4-20-16-31(23-17(2)29-22(15-28-23)24(33)27-3)13-14-32(20)21-9-11-30(12-10-21)25(34)18-5-7-19(26)8-6-18/h5-8,15,20-21H,4,9-14,16H2,1-3H3,(H,27,33)/t20-/m0/s1. The molecule has 1 aromatic heterocycles. The normalized spacial score (nSPS) is 19.8. The molecule has 0 unspecified atom stereocenters. The van der Waals surface area contributed by atoms with Crippen LogP contribution >= 0.6 is 11.6 Å². The second-order valence-corrected chi connectivity index (χ2v) is 9.46. The van der Waals surface area contributed by atoms with Gasteiger partial charge in [-0.05, 0) is 50.5 Å². The summed E-state index contributed by atoms with van der Waals surface area (Å²) in [6.07, 6.45) is 4.57. The van der Waals surface area contributed by atoms with Crippen molar-refractivity contribution in [2.24, 2.45) is 0 Å². The SMILES string of the molecule is CC[C@H]1CN(c2ncc(C(=O)NC)nc2C)CCN1C1CCN(C(=O)c2ccc(Cl)cc2)CC1. The van der Waals surface area contributed by atoms with E-state index in [0.717, 1.165) is 63.5 Å². The molecule has 34 heavy (non-hydrogen) atoms. The van der Waals surface area contributed by atoms with Crippen molar-refractivity contribution >= 4 is 29.2 Å². The minimum Gasteiger partial charge on any atom is -0.354 e. The zero-order valence-electron chi connectivity index (χ0n) is 20.1. The quantitative estimate of drug-likeness (QED) is 0.702. The summed E-state index contributed by atoms with van der Waals surface area (Å²) in [6.45, 7) is 8.39. The minimum absolute atomic E-state index is 0.0845. The summed E-state index contributed by atoms with van der Waals surface area (Å²) in [6, 6.07) is 8.03. The molecule has 9 heteroatoms. The summed E-state index contributed by atoms with van der Waals surface area (Å²) in [5.74, 6) is 0.717. The Balaban J connectivity index is 1.36. The number of rotatable bonds is 5. The third kappa shape index (κ3) is 5.18. The van der Waals surface area contributed by atoms with Crippen molar-refractivity contribution in [3.63, 3.8) is 0 Å². The van der Waals surface area contributed by atoms with Crippen molar-refractivity contribution in [2.45, 2.75) is 45.2 Å². The van der Waals surface area contributed by atoms with Gasteiger partial charge < -0.3 is 15.1 Å². The molecule has 2 fully saturated rings. The van der Waals surface area contributed by atoms with Crippen molar-refractivity contribution in [1.29, 1.82) is 0 Å². The van der Waals surface area contributed by atoms with Crippen molar-refractivity contribution < 1.29 is 9.59 Å². The summed E-state index contributed by atoms with van der Waals surface area (Å²) < 4.78 is 0. The van der Waals surface area contributed by atoms with Gasteiger partial charge in [-0.3, -0.25) is 14.5 Å². The zero-order valence-corrected chi connectivity index (χ0v) is 20.9. The van der Waals surface area contributed by atoms with Crippen LogP contribution in [0.2, 0.25) is 5.02 Å². The molecule has 0 bridgehead atoms. The third-order valence-electron chi connectivity index (χ3n) is 6.99. The average Bonchev–Trinajstić information content (AvgIpc) is 2.88. The molecule has 4 rings (SSSR count). The van der Waals surface area contributed by atoms with Gasteiger partial charge >= 0.3 is 0 Å². The maximum Gasteiger partial charge on any atom is 0.271 e. The molecule has 3 heterocycles.